The van der Waals surface area contributed by atoms with Crippen molar-refractivity contribution in [1.82, 2.24) is 5.43 Å². The van der Waals surface area contributed by atoms with E-state index in [1.165, 1.54) is 0 Å². The number of halogens is 2. The van der Waals surface area contributed by atoms with Gasteiger partial charge in [-0.1, -0.05) is 13.8 Å². The SMILES string of the molecule is CC1(C)CCC/C1=N\NCC(F)F. The molecule has 0 heterocycles. The van der Waals surface area contributed by atoms with E-state index in [-0.39, 0.29) is 12.0 Å². The lowest BCUT2D eigenvalue weighted by Gasteiger charge is -2.17. The Kier molecular flexibility index (Phi) is 3.22. The topological polar surface area (TPSA) is 24.4 Å². The Hall–Kier alpha value is -0.670. The summed E-state index contributed by atoms with van der Waals surface area (Å²) in [5.74, 6) is 0. The quantitative estimate of drug-likeness (QED) is 0.679. The molecule has 76 valence electrons. The number of hydrazone groups is 1. The van der Waals surface area contributed by atoms with E-state index in [2.05, 4.69) is 24.4 Å². The molecule has 0 amide bonds. The van der Waals surface area contributed by atoms with E-state index in [9.17, 15) is 8.78 Å². The van der Waals surface area contributed by atoms with Gasteiger partial charge in [0, 0.05) is 11.1 Å². The molecule has 0 unspecified atom stereocenters. The third-order valence-electron chi connectivity index (χ3n) is 2.46. The van der Waals surface area contributed by atoms with Gasteiger partial charge in [-0.05, 0) is 19.3 Å². The van der Waals surface area contributed by atoms with Crippen LogP contribution in [0.3, 0.4) is 0 Å². The molecule has 0 atom stereocenters. The molecule has 0 bridgehead atoms. The monoisotopic (exact) mass is 190 g/mol. The molecule has 1 rings (SSSR count). The van der Waals surface area contributed by atoms with Gasteiger partial charge >= 0.3 is 0 Å². The first kappa shape index (κ1) is 10.4. The predicted molar refractivity (Wildman–Crippen MR) is 49.1 cm³/mol. The second-order valence-electron chi connectivity index (χ2n) is 4.05. The molecule has 0 aromatic carbocycles. The van der Waals surface area contributed by atoms with Crippen molar-refractivity contribution in [1.29, 1.82) is 0 Å². The summed E-state index contributed by atoms with van der Waals surface area (Å²) in [6.45, 7) is 3.85. The van der Waals surface area contributed by atoms with Crippen LogP contribution < -0.4 is 5.43 Å². The van der Waals surface area contributed by atoms with Gasteiger partial charge < -0.3 is 5.43 Å². The summed E-state index contributed by atoms with van der Waals surface area (Å²) in [5.41, 5.74) is 3.53. The fraction of sp³-hybridized carbons (Fsp3) is 0.889. The molecule has 0 aliphatic heterocycles. The average Bonchev–Trinajstić information content (AvgIpc) is 2.30. The zero-order chi connectivity index (χ0) is 9.90. The van der Waals surface area contributed by atoms with Gasteiger partial charge in [0.1, 0.15) is 0 Å². The zero-order valence-electron chi connectivity index (χ0n) is 8.11. The summed E-state index contributed by atoms with van der Waals surface area (Å²) in [4.78, 5) is 0. The Morgan fingerprint density at radius 2 is 2.23 bits per heavy atom. The minimum Gasteiger partial charge on any atom is -0.304 e. The fourth-order valence-corrected chi connectivity index (χ4v) is 1.60. The van der Waals surface area contributed by atoms with Crippen LogP contribution in [0.1, 0.15) is 33.1 Å². The number of hydrogen-bond donors (Lipinski definition) is 1. The molecule has 0 aromatic rings. The summed E-state index contributed by atoms with van der Waals surface area (Å²) in [6, 6.07) is 0. The van der Waals surface area contributed by atoms with Crippen molar-refractivity contribution < 1.29 is 8.78 Å². The van der Waals surface area contributed by atoms with Gasteiger partial charge in [-0.25, -0.2) is 8.78 Å². The van der Waals surface area contributed by atoms with Gasteiger partial charge in [-0.2, -0.15) is 5.10 Å². The van der Waals surface area contributed by atoms with Crippen molar-refractivity contribution in [2.45, 2.75) is 39.5 Å². The molecular formula is C9H16F2N2. The average molecular weight is 190 g/mol. The molecule has 4 heteroatoms. The highest BCUT2D eigenvalue weighted by atomic mass is 19.3. The molecule has 1 aliphatic carbocycles. The van der Waals surface area contributed by atoms with Crippen LogP contribution in [-0.2, 0) is 0 Å². The molecule has 0 radical (unpaired) electrons. The normalized spacial score (nSPS) is 24.2. The molecule has 1 aliphatic rings. The summed E-state index contributed by atoms with van der Waals surface area (Å²) in [7, 11) is 0. The summed E-state index contributed by atoms with van der Waals surface area (Å²) < 4.78 is 23.5. The first-order chi connectivity index (χ1) is 6.02. The highest BCUT2D eigenvalue weighted by Gasteiger charge is 2.30. The Balaban J connectivity index is 2.42. The fourth-order valence-electron chi connectivity index (χ4n) is 1.60. The molecule has 1 saturated carbocycles. The van der Waals surface area contributed by atoms with Gasteiger partial charge in [-0.3, -0.25) is 0 Å². The van der Waals surface area contributed by atoms with Crippen LogP contribution in [0.5, 0.6) is 0 Å². The lowest BCUT2D eigenvalue weighted by molar-refractivity contribution is 0.146. The van der Waals surface area contributed by atoms with E-state index in [4.69, 9.17) is 0 Å². The summed E-state index contributed by atoms with van der Waals surface area (Å²) in [6.07, 6.45) is 0.821. The van der Waals surface area contributed by atoms with Gasteiger partial charge in [-0.15, -0.1) is 0 Å². The number of nitrogens with zero attached hydrogens (tertiary/aromatic N) is 1. The Morgan fingerprint density at radius 3 is 2.69 bits per heavy atom. The predicted octanol–water partition coefficient (Wildman–Crippen LogP) is 2.41. The van der Waals surface area contributed by atoms with E-state index < -0.39 is 6.43 Å². The molecule has 0 saturated heterocycles. The van der Waals surface area contributed by atoms with Crippen molar-refractivity contribution in [3.05, 3.63) is 0 Å². The first-order valence-electron chi connectivity index (χ1n) is 4.60. The maximum absolute atomic E-state index is 11.8. The third kappa shape index (κ3) is 2.94. The van der Waals surface area contributed by atoms with Crippen LogP contribution in [0.25, 0.3) is 0 Å². The number of nitrogens with one attached hydrogen (secondary N) is 1. The summed E-state index contributed by atoms with van der Waals surface area (Å²) >= 11 is 0. The van der Waals surface area contributed by atoms with Crippen LogP contribution in [0.15, 0.2) is 5.10 Å². The highest BCUT2D eigenvalue weighted by Crippen LogP contribution is 2.34. The largest absolute Gasteiger partial charge is 0.304 e. The first-order valence-corrected chi connectivity index (χ1v) is 4.60. The van der Waals surface area contributed by atoms with E-state index in [0.29, 0.717) is 0 Å². The highest BCUT2D eigenvalue weighted by molar-refractivity contribution is 5.91. The van der Waals surface area contributed by atoms with Gasteiger partial charge in [0.15, 0.2) is 0 Å². The summed E-state index contributed by atoms with van der Waals surface area (Å²) in [5, 5.41) is 4.00. The minimum absolute atomic E-state index is 0.0924. The van der Waals surface area contributed by atoms with Crippen molar-refractivity contribution >= 4 is 5.71 Å². The van der Waals surface area contributed by atoms with Gasteiger partial charge in [0.25, 0.3) is 6.43 Å². The maximum atomic E-state index is 11.8. The lowest BCUT2D eigenvalue weighted by Crippen LogP contribution is -2.23. The molecule has 0 aromatic heterocycles. The van der Waals surface area contributed by atoms with E-state index in [1.54, 1.807) is 0 Å². The second kappa shape index (κ2) is 4.03. The lowest BCUT2D eigenvalue weighted by atomic mass is 9.90. The smallest absolute Gasteiger partial charge is 0.257 e. The molecular weight excluding hydrogens is 174 g/mol. The van der Waals surface area contributed by atoms with Crippen molar-refractivity contribution in [3.63, 3.8) is 0 Å². The third-order valence-corrected chi connectivity index (χ3v) is 2.46. The van der Waals surface area contributed by atoms with Crippen molar-refractivity contribution in [2.24, 2.45) is 10.5 Å². The molecule has 2 nitrogen and oxygen atoms in total. The molecule has 13 heavy (non-hydrogen) atoms. The van der Waals surface area contributed by atoms with Gasteiger partial charge in [0.05, 0.1) is 6.54 Å². The van der Waals surface area contributed by atoms with Gasteiger partial charge in [0.2, 0.25) is 0 Å². The molecule has 1 N–H and O–H groups in total. The number of rotatable bonds is 3. The number of alkyl halides is 2. The van der Waals surface area contributed by atoms with Crippen LogP contribution in [-0.4, -0.2) is 18.7 Å². The molecule has 0 spiro atoms. The van der Waals surface area contributed by atoms with E-state index >= 15 is 0 Å². The Bertz CT molecular complexity index is 200. The Labute approximate surface area is 77.4 Å². The van der Waals surface area contributed by atoms with Crippen molar-refractivity contribution in [2.75, 3.05) is 6.54 Å². The van der Waals surface area contributed by atoms with E-state index in [0.717, 1.165) is 25.0 Å². The second-order valence-corrected chi connectivity index (χ2v) is 4.05. The van der Waals surface area contributed by atoms with Crippen LogP contribution in [0.2, 0.25) is 0 Å². The maximum Gasteiger partial charge on any atom is 0.257 e. The van der Waals surface area contributed by atoms with Crippen LogP contribution >= 0.6 is 0 Å². The standard InChI is InChI=1S/C9H16F2N2/c1-9(2)5-3-4-7(9)13-12-6-8(10)11/h8,12H,3-6H2,1-2H3/b13-7+. The minimum atomic E-state index is -2.33. The van der Waals surface area contributed by atoms with Crippen LogP contribution in [0, 0.1) is 5.41 Å². The Morgan fingerprint density at radius 1 is 1.54 bits per heavy atom. The number of hydrogen-bond acceptors (Lipinski definition) is 2. The zero-order valence-corrected chi connectivity index (χ0v) is 8.11. The van der Waals surface area contributed by atoms with Crippen LogP contribution in [0.4, 0.5) is 8.78 Å². The van der Waals surface area contributed by atoms with E-state index in [1.807, 2.05) is 0 Å². The molecule has 1 fully saturated rings. The van der Waals surface area contributed by atoms with Crippen molar-refractivity contribution in [3.8, 4) is 0 Å².